The van der Waals surface area contributed by atoms with Crippen molar-refractivity contribution in [1.82, 2.24) is 25.0 Å². The Bertz CT molecular complexity index is 1100. The van der Waals surface area contributed by atoms with Gasteiger partial charge in [0.1, 0.15) is 11.5 Å². The molecule has 1 spiro atoms. The first-order chi connectivity index (χ1) is 16.1. The molecule has 2 aromatic heterocycles. The van der Waals surface area contributed by atoms with Crippen LogP contribution in [0.25, 0.3) is 11.5 Å². The predicted octanol–water partition coefficient (Wildman–Crippen LogP) is 3.24. The number of halogens is 1. The van der Waals surface area contributed by atoms with Gasteiger partial charge >= 0.3 is 0 Å². The number of rotatable bonds is 5. The summed E-state index contributed by atoms with van der Waals surface area (Å²) in [5, 5.41) is 4.04. The molecule has 2 aliphatic rings. The number of carbonyl (C=O) groups excluding carboxylic acids is 1. The molecule has 1 unspecified atom stereocenters. The SMILES string of the molecule is O=C(Cc1cccc(F)c1)N1CCC2(CC1)CC(Cc1nc(-c3cnccn3)no1)CCO2. The summed E-state index contributed by atoms with van der Waals surface area (Å²) in [7, 11) is 0. The van der Waals surface area contributed by atoms with Gasteiger partial charge in [0.25, 0.3) is 0 Å². The van der Waals surface area contributed by atoms with Crippen molar-refractivity contribution in [2.45, 2.75) is 44.1 Å². The fourth-order valence-electron chi connectivity index (χ4n) is 4.85. The smallest absolute Gasteiger partial charge is 0.227 e. The van der Waals surface area contributed by atoms with Gasteiger partial charge < -0.3 is 14.2 Å². The van der Waals surface area contributed by atoms with Crippen LogP contribution in [-0.4, -0.2) is 56.2 Å². The van der Waals surface area contributed by atoms with Crippen molar-refractivity contribution in [2.75, 3.05) is 19.7 Å². The number of nitrogens with zero attached hydrogens (tertiary/aromatic N) is 5. The molecule has 0 bridgehead atoms. The third-order valence-electron chi connectivity index (χ3n) is 6.59. The van der Waals surface area contributed by atoms with E-state index in [4.69, 9.17) is 9.26 Å². The molecule has 0 radical (unpaired) electrons. The van der Waals surface area contributed by atoms with Crippen molar-refractivity contribution in [3.05, 3.63) is 60.1 Å². The second kappa shape index (κ2) is 9.35. The molecule has 2 aliphatic heterocycles. The number of carbonyl (C=O) groups is 1. The van der Waals surface area contributed by atoms with Crippen LogP contribution in [-0.2, 0) is 22.4 Å². The summed E-state index contributed by atoms with van der Waals surface area (Å²) in [6.45, 7) is 1.99. The number of amides is 1. The van der Waals surface area contributed by atoms with Crippen molar-refractivity contribution in [3.8, 4) is 11.5 Å². The first-order valence-electron chi connectivity index (χ1n) is 11.3. The first-order valence-corrected chi connectivity index (χ1v) is 11.3. The minimum atomic E-state index is -0.315. The molecule has 0 saturated carbocycles. The second-order valence-corrected chi connectivity index (χ2v) is 8.88. The van der Waals surface area contributed by atoms with Crippen LogP contribution in [0.2, 0.25) is 0 Å². The number of likely N-dealkylation sites (tertiary alicyclic amines) is 1. The molecule has 2 fully saturated rings. The van der Waals surface area contributed by atoms with Crippen LogP contribution in [0.4, 0.5) is 4.39 Å². The highest BCUT2D eigenvalue weighted by Crippen LogP contribution is 2.39. The summed E-state index contributed by atoms with van der Waals surface area (Å²) >= 11 is 0. The standard InChI is InChI=1S/C24H26FN5O3/c25-19-3-1-2-17(12-19)14-22(31)30-9-5-24(6-10-30)15-18(4-11-32-24)13-21-28-23(29-33-21)20-16-26-7-8-27-20/h1-3,7-8,12,16,18H,4-6,9-11,13-15H2. The van der Waals surface area contributed by atoms with E-state index in [1.807, 2.05) is 4.90 Å². The number of hydrogen-bond donors (Lipinski definition) is 0. The largest absolute Gasteiger partial charge is 0.375 e. The van der Waals surface area contributed by atoms with Crippen LogP contribution in [0.1, 0.15) is 37.1 Å². The Morgan fingerprint density at radius 2 is 2.12 bits per heavy atom. The monoisotopic (exact) mass is 451 g/mol. The van der Waals surface area contributed by atoms with E-state index in [2.05, 4.69) is 20.1 Å². The van der Waals surface area contributed by atoms with Gasteiger partial charge in [-0.3, -0.25) is 9.78 Å². The third kappa shape index (κ3) is 5.08. The summed E-state index contributed by atoms with van der Waals surface area (Å²) in [4.78, 5) is 27.3. The average Bonchev–Trinajstić information content (AvgIpc) is 3.29. The highest BCUT2D eigenvalue weighted by Gasteiger charge is 2.41. The zero-order valence-electron chi connectivity index (χ0n) is 18.3. The number of ether oxygens (including phenoxy) is 1. The van der Waals surface area contributed by atoms with Crippen LogP contribution < -0.4 is 0 Å². The van der Waals surface area contributed by atoms with Crippen LogP contribution in [0.15, 0.2) is 47.4 Å². The lowest BCUT2D eigenvalue weighted by Crippen LogP contribution is -2.51. The van der Waals surface area contributed by atoms with Crippen LogP contribution in [0, 0.1) is 11.7 Å². The van der Waals surface area contributed by atoms with Gasteiger partial charge in [0.15, 0.2) is 0 Å². The van der Waals surface area contributed by atoms with E-state index in [9.17, 15) is 9.18 Å². The van der Waals surface area contributed by atoms with Crippen molar-refractivity contribution in [1.29, 1.82) is 0 Å². The fraction of sp³-hybridized carbons (Fsp3) is 0.458. The molecule has 4 heterocycles. The normalized spacial score (nSPS) is 20.2. The number of benzene rings is 1. The van der Waals surface area contributed by atoms with Gasteiger partial charge in [0.2, 0.25) is 17.6 Å². The van der Waals surface area contributed by atoms with Gasteiger partial charge in [0, 0.05) is 38.5 Å². The summed E-state index contributed by atoms with van der Waals surface area (Å²) in [5.74, 6) is 1.14. The zero-order chi connectivity index (χ0) is 22.7. The molecular weight excluding hydrogens is 425 g/mol. The van der Waals surface area contributed by atoms with E-state index in [1.54, 1.807) is 30.7 Å². The predicted molar refractivity (Wildman–Crippen MR) is 116 cm³/mol. The minimum absolute atomic E-state index is 0.0326. The number of hydrogen-bond acceptors (Lipinski definition) is 7. The molecule has 8 nitrogen and oxygen atoms in total. The summed E-state index contributed by atoms with van der Waals surface area (Å²) in [6, 6.07) is 6.24. The van der Waals surface area contributed by atoms with Crippen LogP contribution >= 0.6 is 0 Å². The van der Waals surface area contributed by atoms with Crippen LogP contribution in [0.3, 0.4) is 0 Å². The van der Waals surface area contributed by atoms with Crippen molar-refractivity contribution < 1.29 is 18.4 Å². The maximum absolute atomic E-state index is 13.4. The molecule has 9 heteroatoms. The maximum Gasteiger partial charge on any atom is 0.227 e. The Morgan fingerprint density at radius 1 is 1.24 bits per heavy atom. The Kier molecular flexibility index (Phi) is 6.13. The molecule has 0 N–H and O–H groups in total. The van der Waals surface area contributed by atoms with E-state index < -0.39 is 0 Å². The second-order valence-electron chi connectivity index (χ2n) is 8.88. The van der Waals surface area contributed by atoms with E-state index in [0.29, 0.717) is 55.0 Å². The van der Waals surface area contributed by atoms with Crippen molar-refractivity contribution >= 4 is 5.91 Å². The lowest BCUT2D eigenvalue weighted by atomic mass is 9.78. The summed E-state index contributed by atoms with van der Waals surface area (Å²) in [6.07, 6.45) is 9.17. The molecule has 1 aromatic carbocycles. The molecule has 1 atom stereocenters. The molecule has 1 amide bonds. The molecule has 3 aromatic rings. The van der Waals surface area contributed by atoms with E-state index in [1.165, 1.54) is 12.1 Å². The van der Waals surface area contributed by atoms with Gasteiger partial charge in [-0.25, -0.2) is 9.37 Å². The highest BCUT2D eigenvalue weighted by atomic mass is 19.1. The lowest BCUT2D eigenvalue weighted by molar-refractivity contribution is -0.146. The summed E-state index contributed by atoms with van der Waals surface area (Å²) < 4.78 is 25.1. The highest BCUT2D eigenvalue weighted by molar-refractivity contribution is 5.78. The lowest BCUT2D eigenvalue weighted by Gasteiger charge is -2.46. The first kappa shape index (κ1) is 21.6. The average molecular weight is 452 g/mol. The minimum Gasteiger partial charge on any atom is -0.375 e. The maximum atomic E-state index is 13.4. The van der Waals surface area contributed by atoms with Crippen LogP contribution in [0.5, 0.6) is 0 Å². The molecule has 0 aliphatic carbocycles. The van der Waals surface area contributed by atoms with Gasteiger partial charge in [-0.1, -0.05) is 17.3 Å². The Hall–Kier alpha value is -3.20. The van der Waals surface area contributed by atoms with Gasteiger partial charge in [-0.05, 0) is 49.3 Å². The summed E-state index contributed by atoms with van der Waals surface area (Å²) in [5.41, 5.74) is 1.08. The van der Waals surface area contributed by atoms with Gasteiger partial charge in [-0.2, -0.15) is 4.98 Å². The zero-order valence-corrected chi connectivity index (χ0v) is 18.3. The van der Waals surface area contributed by atoms with Gasteiger partial charge in [0.05, 0.1) is 18.2 Å². The third-order valence-corrected chi connectivity index (χ3v) is 6.59. The van der Waals surface area contributed by atoms with E-state index in [0.717, 1.165) is 25.7 Å². The Labute approximate surface area is 191 Å². The van der Waals surface area contributed by atoms with Crippen molar-refractivity contribution in [2.24, 2.45) is 5.92 Å². The number of aromatic nitrogens is 4. The molecule has 2 saturated heterocycles. The Morgan fingerprint density at radius 3 is 2.91 bits per heavy atom. The van der Waals surface area contributed by atoms with Crippen molar-refractivity contribution in [3.63, 3.8) is 0 Å². The van der Waals surface area contributed by atoms with E-state index >= 15 is 0 Å². The molecule has 33 heavy (non-hydrogen) atoms. The molecular formula is C24H26FN5O3. The van der Waals surface area contributed by atoms with Gasteiger partial charge in [-0.15, -0.1) is 0 Å². The fourth-order valence-corrected chi connectivity index (χ4v) is 4.85. The molecule has 172 valence electrons. The topological polar surface area (TPSA) is 94.2 Å². The Balaban J connectivity index is 1.16. The number of piperidine rings is 1. The van der Waals surface area contributed by atoms with E-state index in [-0.39, 0.29) is 23.7 Å². The molecule has 5 rings (SSSR count). The quantitative estimate of drug-likeness (QED) is 0.588.